The van der Waals surface area contributed by atoms with Crippen molar-refractivity contribution in [2.24, 2.45) is 0 Å². The SMILES string of the molecule is CCC1(C)C(=O)N(C)C(=O)c2ccc3ccccc3c21. The molecule has 3 heteroatoms. The van der Waals surface area contributed by atoms with E-state index in [0.717, 1.165) is 16.3 Å². The maximum atomic E-state index is 12.6. The summed E-state index contributed by atoms with van der Waals surface area (Å²) in [5, 5.41) is 2.07. The van der Waals surface area contributed by atoms with E-state index in [1.54, 1.807) is 7.05 Å². The van der Waals surface area contributed by atoms with Crippen LogP contribution in [0.2, 0.25) is 0 Å². The molecule has 3 rings (SSSR count). The molecule has 0 N–H and O–H groups in total. The van der Waals surface area contributed by atoms with E-state index in [9.17, 15) is 9.59 Å². The summed E-state index contributed by atoms with van der Waals surface area (Å²) in [7, 11) is 1.57. The molecule has 0 spiro atoms. The Morgan fingerprint density at radius 3 is 2.50 bits per heavy atom. The molecule has 102 valence electrons. The van der Waals surface area contributed by atoms with Gasteiger partial charge in [0.2, 0.25) is 5.91 Å². The van der Waals surface area contributed by atoms with Crippen LogP contribution in [0.25, 0.3) is 10.8 Å². The average molecular weight is 267 g/mol. The van der Waals surface area contributed by atoms with Crippen molar-refractivity contribution in [2.45, 2.75) is 25.7 Å². The molecule has 0 bridgehead atoms. The number of hydrogen-bond acceptors (Lipinski definition) is 2. The fourth-order valence-electron chi connectivity index (χ4n) is 3.12. The van der Waals surface area contributed by atoms with Gasteiger partial charge in [-0.1, -0.05) is 37.3 Å². The van der Waals surface area contributed by atoms with Crippen molar-refractivity contribution in [3.63, 3.8) is 0 Å². The lowest BCUT2D eigenvalue weighted by Crippen LogP contribution is -2.51. The summed E-state index contributed by atoms with van der Waals surface area (Å²) >= 11 is 0. The molecule has 1 aliphatic heterocycles. The Balaban J connectivity index is 2.46. The smallest absolute Gasteiger partial charge is 0.260 e. The number of rotatable bonds is 1. The topological polar surface area (TPSA) is 37.4 Å². The summed E-state index contributed by atoms with van der Waals surface area (Å²) in [5.41, 5.74) is 0.889. The highest BCUT2D eigenvalue weighted by molar-refractivity contribution is 6.16. The molecule has 2 amide bonds. The van der Waals surface area contributed by atoms with Crippen LogP contribution in [0.3, 0.4) is 0 Å². The standard InChI is InChI=1S/C17H17NO2/c1-4-17(2)14-12-8-6-5-7-11(12)9-10-13(14)15(19)18(3)16(17)20/h5-10H,4H2,1-3H3. The molecule has 1 aliphatic rings. The van der Waals surface area contributed by atoms with E-state index < -0.39 is 5.41 Å². The lowest BCUT2D eigenvalue weighted by atomic mass is 9.72. The Bertz CT molecular complexity index is 735. The number of fused-ring (bicyclic) bond motifs is 3. The van der Waals surface area contributed by atoms with Crippen LogP contribution in [0, 0.1) is 0 Å². The van der Waals surface area contributed by atoms with E-state index in [2.05, 4.69) is 0 Å². The predicted octanol–water partition coefficient (Wildman–Crippen LogP) is 3.12. The van der Waals surface area contributed by atoms with Gasteiger partial charge < -0.3 is 0 Å². The van der Waals surface area contributed by atoms with Gasteiger partial charge in [0.1, 0.15) is 0 Å². The molecular formula is C17H17NO2. The highest BCUT2D eigenvalue weighted by Crippen LogP contribution is 2.40. The minimum absolute atomic E-state index is 0.117. The number of nitrogens with zero attached hydrogens (tertiary/aromatic N) is 1. The van der Waals surface area contributed by atoms with Crippen molar-refractivity contribution >= 4 is 22.6 Å². The van der Waals surface area contributed by atoms with Crippen LogP contribution < -0.4 is 0 Å². The van der Waals surface area contributed by atoms with Crippen LogP contribution >= 0.6 is 0 Å². The second kappa shape index (κ2) is 4.17. The zero-order chi connectivity index (χ0) is 14.5. The summed E-state index contributed by atoms with van der Waals surface area (Å²) in [6.45, 7) is 3.93. The Hall–Kier alpha value is -2.16. The van der Waals surface area contributed by atoms with Crippen LogP contribution in [0.15, 0.2) is 36.4 Å². The van der Waals surface area contributed by atoms with Crippen LogP contribution in [-0.4, -0.2) is 23.8 Å². The van der Waals surface area contributed by atoms with Crippen LogP contribution in [0.4, 0.5) is 0 Å². The van der Waals surface area contributed by atoms with Gasteiger partial charge in [-0.3, -0.25) is 14.5 Å². The Kier molecular flexibility index (Phi) is 2.68. The zero-order valence-corrected chi connectivity index (χ0v) is 11.9. The fraction of sp³-hybridized carbons (Fsp3) is 0.294. The van der Waals surface area contributed by atoms with E-state index in [1.165, 1.54) is 4.90 Å². The first-order valence-corrected chi connectivity index (χ1v) is 6.85. The second-order valence-electron chi connectivity index (χ2n) is 5.56. The lowest BCUT2D eigenvalue weighted by molar-refractivity contribution is -0.133. The van der Waals surface area contributed by atoms with Gasteiger partial charge >= 0.3 is 0 Å². The summed E-state index contributed by atoms with van der Waals surface area (Å²) in [6, 6.07) is 11.7. The molecule has 1 unspecified atom stereocenters. The third-order valence-electron chi connectivity index (χ3n) is 4.50. The first-order chi connectivity index (χ1) is 9.50. The van der Waals surface area contributed by atoms with Crippen molar-refractivity contribution in [2.75, 3.05) is 7.05 Å². The van der Waals surface area contributed by atoms with Crippen molar-refractivity contribution < 1.29 is 9.59 Å². The molecule has 20 heavy (non-hydrogen) atoms. The van der Waals surface area contributed by atoms with Gasteiger partial charge in [-0.2, -0.15) is 0 Å². The summed E-state index contributed by atoms with van der Waals surface area (Å²) in [6.07, 6.45) is 0.671. The first kappa shape index (κ1) is 12.9. The number of amides is 2. The molecule has 2 aromatic carbocycles. The van der Waals surface area contributed by atoms with Crippen LogP contribution in [-0.2, 0) is 10.2 Å². The first-order valence-electron chi connectivity index (χ1n) is 6.85. The van der Waals surface area contributed by atoms with Gasteiger partial charge in [0.15, 0.2) is 0 Å². The maximum absolute atomic E-state index is 12.6. The highest BCUT2D eigenvalue weighted by atomic mass is 16.2. The number of benzene rings is 2. The van der Waals surface area contributed by atoms with Gasteiger partial charge in [-0.05, 0) is 35.7 Å². The van der Waals surface area contributed by atoms with Crippen LogP contribution in [0.1, 0.15) is 36.2 Å². The Morgan fingerprint density at radius 1 is 1.10 bits per heavy atom. The molecule has 3 nitrogen and oxygen atoms in total. The molecule has 0 saturated carbocycles. The number of carbonyl (C=O) groups is 2. The molecule has 1 heterocycles. The lowest BCUT2D eigenvalue weighted by Gasteiger charge is -2.38. The third kappa shape index (κ3) is 1.46. The largest absolute Gasteiger partial charge is 0.281 e. The number of carbonyl (C=O) groups excluding carboxylic acids is 2. The van der Waals surface area contributed by atoms with Crippen molar-refractivity contribution in [3.8, 4) is 0 Å². The summed E-state index contributed by atoms with van der Waals surface area (Å²) in [5.74, 6) is -0.324. The van der Waals surface area contributed by atoms with Crippen LogP contribution in [0.5, 0.6) is 0 Å². The van der Waals surface area contributed by atoms with Gasteiger partial charge in [0.25, 0.3) is 5.91 Å². The number of likely N-dealkylation sites (N-methyl/N-ethyl adjacent to an activating group) is 1. The van der Waals surface area contributed by atoms with Gasteiger partial charge in [-0.25, -0.2) is 0 Å². The highest BCUT2D eigenvalue weighted by Gasteiger charge is 2.45. The zero-order valence-electron chi connectivity index (χ0n) is 11.9. The maximum Gasteiger partial charge on any atom is 0.260 e. The number of hydrogen-bond donors (Lipinski definition) is 0. The molecule has 0 fully saturated rings. The van der Waals surface area contributed by atoms with Gasteiger partial charge in [0, 0.05) is 12.6 Å². The van der Waals surface area contributed by atoms with Crippen molar-refractivity contribution in [3.05, 3.63) is 47.5 Å². The minimum atomic E-state index is -0.640. The second-order valence-corrected chi connectivity index (χ2v) is 5.56. The quantitative estimate of drug-likeness (QED) is 0.744. The van der Waals surface area contributed by atoms with E-state index in [1.807, 2.05) is 50.2 Å². The summed E-state index contributed by atoms with van der Waals surface area (Å²) < 4.78 is 0. The van der Waals surface area contributed by atoms with E-state index in [0.29, 0.717) is 12.0 Å². The molecular weight excluding hydrogens is 250 g/mol. The summed E-state index contributed by atoms with van der Waals surface area (Å²) in [4.78, 5) is 26.2. The number of imide groups is 1. The van der Waals surface area contributed by atoms with Crippen molar-refractivity contribution in [1.29, 1.82) is 0 Å². The van der Waals surface area contributed by atoms with Crippen molar-refractivity contribution in [1.82, 2.24) is 4.90 Å². The van der Waals surface area contributed by atoms with E-state index >= 15 is 0 Å². The Morgan fingerprint density at radius 2 is 1.80 bits per heavy atom. The van der Waals surface area contributed by atoms with E-state index in [4.69, 9.17) is 0 Å². The monoisotopic (exact) mass is 267 g/mol. The van der Waals surface area contributed by atoms with Gasteiger partial charge in [0.05, 0.1) is 5.41 Å². The third-order valence-corrected chi connectivity index (χ3v) is 4.50. The van der Waals surface area contributed by atoms with E-state index in [-0.39, 0.29) is 11.8 Å². The predicted molar refractivity (Wildman–Crippen MR) is 78.7 cm³/mol. The fourth-order valence-corrected chi connectivity index (χ4v) is 3.12. The minimum Gasteiger partial charge on any atom is -0.281 e. The average Bonchev–Trinajstić information content (AvgIpc) is 2.49. The molecule has 0 saturated heterocycles. The molecule has 0 radical (unpaired) electrons. The molecule has 0 aliphatic carbocycles. The van der Waals surface area contributed by atoms with Gasteiger partial charge in [-0.15, -0.1) is 0 Å². The Labute approximate surface area is 118 Å². The molecule has 0 aromatic heterocycles. The molecule has 1 atom stereocenters. The molecule has 2 aromatic rings. The normalized spacial score (nSPS) is 22.2.